The van der Waals surface area contributed by atoms with E-state index in [1.54, 1.807) is 37.3 Å². The van der Waals surface area contributed by atoms with Crippen LogP contribution in [-0.2, 0) is 10.0 Å². The second kappa shape index (κ2) is 7.80. The Morgan fingerprint density at radius 1 is 1.00 bits per heavy atom. The molecule has 0 saturated carbocycles. The number of primary amides is 1. The zero-order chi connectivity index (χ0) is 18.4. The lowest BCUT2D eigenvalue weighted by molar-refractivity contribution is 0.0998. The number of hydrogen-bond acceptors (Lipinski definition) is 4. The number of benzene rings is 2. The van der Waals surface area contributed by atoms with Crippen LogP contribution in [0.4, 0.5) is 11.4 Å². The second-order valence-electron chi connectivity index (χ2n) is 5.40. The van der Waals surface area contributed by atoms with E-state index in [9.17, 15) is 18.0 Å². The summed E-state index contributed by atoms with van der Waals surface area (Å²) >= 11 is 0. The van der Waals surface area contributed by atoms with Gasteiger partial charge in [-0.2, -0.15) is 0 Å². The summed E-state index contributed by atoms with van der Waals surface area (Å²) in [7, 11) is -3.42. The molecule has 0 aromatic heterocycles. The molecule has 0 aliphatic heterocycles. The fourth-order valence-corrected chi connectivity index (χ4v) is 3.27. The summed E-state index contributed by atoms with van der Waals surface area (Å²) in [6.45, 7) is 1.77. The lowest BCUT2D eigenvalue weighted by Crippen LogP contribution is -2.17. The molecule has 2 aromatic rings. The van der Waals surface area contributed by atoms with Crippen molar-refractivity contribution in [2.45, 2.75) is 13.3 Å². The zero-order valence-electron chi connectivity index (χ0n) is 13.7. The van der Waals surface area contributed by atoms with E-state index < -0.39 is 21.8 Å². The van der Waals surface area contributed by atoms with Gasteiger partial charge in [0.1, 0.15) is 0 Å². The van der Waals surface area contributed by atoms with Crippen LogP contribution in [0.15, 0.2) is 48.5 Å². The van der Waals surface area contributed by atoms with Crippen LogP contribution in [-0.4, -0.2) is 26.0 Å². The molecule has 0 unspecified atom stereocenters. The van der Waals surface area contributed by atoms with Gasteiger partial charge in [0.25, 0.3) is 5.91 Å². The first-order valence-electron chi connectivity index (χ1n) is 7.62. The Balaban J connectivity index is 2.11. The molecule has 132 valence electrons. The maximum Gasteiger partial charge on any atom is 0.255 e. The van der Waals surface area contributed by atoms with Crippen molar-refractivity contribution in [1.82, 2.24) is 0 Å². The van der Waals surface area contributed by atoms with E-state index in [1.807, 2.05) is 0 Å². The molecule has 2 aromatic carbocycles. The molecule has 0 bridgehead atoms. The highest BCUT2D eigenvalue weighted by atomic mass is 32.2. The van der Waals surface area contributed by atoms with Crippen LogP contribution in [0.2, 0.25) is 0 Å². The van der Waals surface area contributed by atoms with Gasteiger partial charge in [0.05, 0.1) is 5.75 Å². The van der Waals surface area contributed by atoms with Gasteiger partial charge in [0.2, 0.25) is 15.9 Å². The van der Waals surface area contributed by atoms with Crippen molar-refractivity contribution >= 4 is 33.2 Å². The smallest absolute Gasteiger partial charge is 0.255 e. The third kappa shape index (κ3) is 5.32. The van der Waals surface area contributed by atoms with E-state index in [2.05, 4.69) is 10.0 Å². The molecule has 0 saturated heterocycles. The number of hydrogen-bond donors (Lipinski definition) is 3. The summed E-state index contributed by atoms with van der Waals surface area (Å²) in [6.07, 6.45) is 0.497. The van der Waals surface area contributed by atoms with Crippen LogP contribution in [0.5, 0.6) is 0 Å². The first-order valence-corrected chi connectivity index (χ1v) is 9.28. The molecule has 0 heterocycles. The molecule has 0 spiro atoms. The number of carbonyl (C=O) groups is 2. The lowest BCUT2D eigenvalue weighted by atomic mass is 10.1. The number of rotatable bonds is 7. The highest BCUT2D eigenvalue weighted by Crippen LogP contribution is 2.15. The molecule has 25 heavy (non-hydrogen) atoms. The van der Waals surface area contributed by atoms with Gasteiger partial charge in [-0.3, -0.25) is 14.3 Å². The lowest BCUT2D eigenvalue weighted by Gasteiger charge is -2.09. The van der Waals surface area contributed by atoms with E-state index in [0.29, 0.717) is 28.9 Å². The van der Waals surface area contributed by atoms with Crippen molar-refractivity contribution in [3.05, 3.63) is 59.7 Å². The van der Waals surface area contributed by atoms with Crippen LogP contribution < -0.4 is 15.8 Å². The fraction of sp³-hybridized carbons (Fsp3) is 0.176. The van der Waals surface area contributed by atoms with Crippen LogP contribution >= 0.6 is 0 Å². The number of nitrogens with two attached hydrogens (primary N) is 1. The summed E-state index contributed by atoms with van der Waals surface area (Å²) < 4.78 is 26.1. The Bertz CT molecular complexity index is 877. The van der Waals surface area contributed by atoms with Crippen LogP contribution in [0.25, 0.3) is 0 Å². The largest absolute Gasteiger partial charge is 0.366 e. The van der Waals surface area contributed by atoms with Crippen molar-refractivity contribution in [1.29, 1.82) is 0 Å². The molecule has 4 N–H and O–H groups in total. The predicted octanol–water partition coefficient (Wildman–Crippen LogP) is 2.19. The van der Waals surface area contributed by atoms with Gasteiger partial charge >= 0.3 is 0 Å². The van der Waals surface area contributed by atoms with Crippen LogP contribution in [0.3, 0.4) is 0 Å². The van der Waals surface area contributed by atoms with Gasteiger partial charge in [0.15, 0.2) is 0 Å². The van der Waals surface area contributed by atoms with Gasteiger partial charge in [0, 0.05) is 22.5 Å². The zero-order valence-corrected chi connectivity index (χ0v) is 14.5. The third-order valence-electron chi connectivity index (χ3n) is 3.30. The summed E-state index contributed by atoms with van der Waals surface area (Å²) in [6, 6.07) is 12.3. The summed E-state index contributed by atoms with van der Waals surface area (Å²) in [5, 5.41) is 2.67. The average molecular weight is 361 g/mol. The first-order chi connectivity index (χ1) is 11.8. The molecule has 2 rings (SSSR count). The number of amides is 2. The highest BCUT2D eigenvalue weighted by molar-refractivity contribution is 7.92. The van der Waals surface area contributed by atoms with Crippen LogP contribution in [0, 0.1) is 0 Å². The maximum absolute atomic E-state index is 12.3. The average Bonchev–Trinajstić information content (AvgIpc) is 2.55. The van der Waals surface area contributed by atoms with Gasteiger partial charge in [-0.25, -0.2) is 8.42 Å². The van der Waals surface area contributed by atoms with Gasteiger partial charge in [-0.1, -0.05) is 13.0 Å². The van der Waals surface area contributed by atoms with E-state index in [0.717, 1.165) is 0 Å². The van der Waals surface area contributed by atoms with Crippen molar-refractivity contribution in [3.63, 3.8) is 0 Å². The van der Waals surface area contributed by atoms with Gasteiger partial charge in [-0.15, -0.1) is 0 Å². The number of carbonyl (C=O) groups excluding carboxylic acids is 2. The minimum Gasteiger partial charge on any atom is -0.366 e. The van der Waals surface area contributed by atoms with Crippen molar-refractivity contribution in [3.8, 4) is 0 Å². The summed E-state index contributed by atoms with van der Waals surface area (Å²) in [5.41, 5.74) is 6.62. The third-order valence-corrected chi connectivity index (χ3v) is 4.79. The molecule has 0 aliphatic rings. The molecule has 0 radical (unpaired) electrons. The molecule has 7 nitrogen and oxygen atoms in total. The monoisotopic (exact) mass is 361 g/mol. The molecule has 0 atom stereocenters. The summed E-state index contributed by atoms with van der Waals surface area (Å²) in [4.78, 5) is 23.3. The molecular formula is C17H19N3O4S. The number of anilines is 2. The standard InChI is InChI=1S/C17H19N3O4S/c1-2-10-25(23,24)20-15-5-3-4-13(11-15)17(22)19-14-8-6-12(7-9-14)16(18)21/h3-9,11,20H,2,10H2,1H3,(H2,18,21)(H,19,22). The Morgan fingerprint density at radius 3 is 2.28 bits per heavy atom. The normalized spacial score (nSPS) is 10.9. The second-order valence-corrected chi connectivity index (χ2v) is 7.24. The minimum absolute atomic E-state index is 0.00956. The van der Waals surface area contributed by atoms with Crippen LogP contribution in [0.1, 0.15) is 34.1 Å². The Morgan fingerprint density at radius 2 is 1.68 bits per heavy atom. The molecule has 0 fully saturated rings. The molecule has 0 aliphatic carbocycles. The van der Waals surface area contributed by atoms with E-state index >= 15 is 0 Å². The number of nitrogens with one attached hydrogen (secondary N) is 2. The Hall–Kier alpha value is -2.87. The molecular weight excluding hydrogens is 342 g/mol. The summed E-state index contributed by atoms with van der Waals surface area (Å²) in [5.74, 6) is -0.941. The maximum atomic E-state index is 12.3. The van der Waals surface area contributed by atoms with Gasteiger partial charge in [-0.05, 0) is 48.9 Å². The topological polar surface area (TPSA) is 118 Å². The van der Waals surface area contributed by atoms with Crippen molar-refractivity contribution in [2.75, 3.05) is 15.8 Å². The SMILES string of the molecule is CCCS(=O)(=O)Nc1cccc(C(=O)Nc2ccc(C(N)=O)cc2)c1. The van der Waals surface area contributed by atoms with E-state index in [-0.39, 0.29) is 5.75 Å². The number of sulfonamides is 1. The van der Waals surface area contributed by atoms with E-state index in [4.69, 9.17) is 5.73 Å². The molecule has 2 amide bonds. The van der Waals surface area contributed by atoms with Crippen molar-refractivity contribution in [2.24, 2.45) is 5.73 Å². The fourth-order valence-electron chi connectivity index (χ4n) is 2.14. The Labute approximate surface area is 146 Å². The van der Waals surface area contributed by atoms with E-state index in [1.165, 1.54) is 18.2 Å². The van der Waals surface area contributed by atoms with Gasteiger partial charge < -0.3 is 11.1 Å². The first kappa shape index (κ1) is 18.5. The minimum atomic E-state index is -3.42. The molecule has 8 heteroatoms. The highest BCUT2D eigenvalue weighted by Gasteiger charge is 2.11. The Kier molecular flexibility index (Phi) is 5.76. The van der Waals surface area contributed by atoms with Crippen molar-refractivity contribution < 1.29 is 18.0 Å². The quantitative estimate of drug-likeness (QED) is 0.700. The predicted molar refractivity (Wildman–Crippen MR) is 97.1 cm³/mol.